The Morgan fingerprint density at radius 3 is 2.35 bits per heavy atom. The summed E-state index contributed by atoms with van der Waals surface area (Å²) in [6.45, 7) is 2.70. The van der Waals surface area contributed by atoms with Crippen molar-refractivity contribution >= 4 is 11.6 Å². The molecule has 5 heteroatoms. The second-order valence-electron chi connectivity index (χ2n) is 6.82. The lowest BCUT2D eigenvalue weighted by molar-refractivity contribution is -0.138. The third kappa shape index (κ3) is 3.78. The zero-order chi connectivity index (χ0) is 16.3. The van der Waals surface area contributed by atoms with Crippen LogP contribution in [0.2, 0.25) is 0 Å². The smallest absolute Gasteiger partial charge is 0.225 e. The molecule has 0 radical (unpaired) electrons. The van der Waals surface area contributed by atoms with E-state index in [4.69, 9.17) is 0 Å². The van der Waals surface area contributed by atoms with Crippen LogP contribution in [0.5, 0.6) is 5.75 Å². The molecule has 0 bridgehead atoms. The predicted molar refractivity (Wildman–Crippen MR) is 89.6 cm³/mol. The maximum Gasteiger partial charge on any atom is 0.225 e. The van der Waals surface area contributed by atoms with Crippen LogP contribution in [0.25, 0.3) is 0 Å². The van der Waals surface area contributed by atoms with Crippen LogP contribution >= 0.6 is 0 Å². The van der Waals surface area contributed by atoms with Gasteiger partial charge in [0.25, 0.3) is 0 Å². The molecule has 1 amide bonds. The molecular formula is C18H26N2O3. The zero-order valence-electron chi connectivity index (χ0n) is 13.6. The molecule has 23 heavy (non-hydrogen) atoms. The fourth-order valence-electron chi connectivity index (χ4n) is 3.71. The molecule has 1 aliphatic carbocycles. The molecule has 1 saturated carbocycles. The number of hydrogen-bond donors (Lipinski definition) is 2. The Bertz CT molecular complexity index is 547. The van der Waals surface area contributed by atoms with Gasteiger partial charge < -0.3 is 20.0 Å². The van der Waals surface area contributed by atoms with Crippen molar-refractivity contribution in [3.05, 3.63) is 24.3 Å². The lowest BCUT2D eigenvalue weighted by atomic mass is 9.82. The summed E-state index contributed by atoms with van der Waals surface area (Å²) in [5, 5.41) is 20.5. The van der Waals surface area contributed by atoms with Gasteiger partial charge in [-0.15, -0.1) is 0 Å². The Labute approximate surface area is 137 Å². The first-order chi connectivity index (χ1) is 11.1. The van der Waals surface area contributed by atoms with Gasteiger partial charge in [-0.05, 0) is 25.0 Å². The Kier molecular flexibility index (Phi) is 4.76. The molecule has 0 spiro atoms. The average molecular weight is 318 g/mol. The number of benzene rings is 1. The summed E-state index contributed by atoms with van der Waals surface area (Å²) in [6.07, 6.45) is 4.95. The van der Waals surface area contributed by atoms with E-state index in [-0.39, 0.29) is 18.1 Å². The maximum absolute atomic E-state index is 12.5. The van der Waals surface area contributed by atoms with Crippen LogP contribution < -0.4 is 4.90 Å². The summed E-state index contributed by atoms with van der Waals surface area (Å²) < 4.78 is 0. The number of piperazine rings is 1. The van der Waals surface area contributed by atoms with Crippen LogP contribution in [0, 0.1) is 0 Å². The number of hydrogen-bond acceptors (Lipinski definition) is 4. The van der Waals surface area contributed by atoms with E-state index >= 15 is 0 Å². The first-order valence-corrected chi connectivity index (χ1v) is 8.61. The highest BCUT2D eigenvalue weighted by Gasteiger charge is 2.34. The second-order valence-corrected chi connectivity index (χ2v) is 6.82. The van der Waals surface area contributed by atoms with Gasteiger partial charge in [0, 0.05) is 26.2 Å². The minimum atomic E-state index is -0.788. The van der Waals surface area contributed by atoms with E-state index in [2.05, 4.69) is 4.90 Å². The molecule has 2 fully saturated rings. The number of amides is 1. The SMILES string of the molecule is O=C(CC1(O)CCCCC1)N1CCN(c2ccccc2O)CC1. The predicted octanol–water partition coefficient (Wildman–Crippen LogP) is 2.13. The quantitative estimate of drug-likeness (QED) is 0.896. The lowest BCUT2D eigenvalue weighted by Crippen LogP contribution is -2.50. The topological polar surface area (TPSA) is 64.0 Å². The normalized spacial score (nSPS) is 21.3. The highest BCUT2D eigenvalue weighted by Crippen LogP contribution is 2.32. The van der Waals surface area contributed by atoms with E-state index in [0.717, 1.165) is 37.8 Å². The monoisotopic (exact) mass is 318 g/mol. The van der Waals surface area contributed by atoms with E-state index in [9.17, 15) is 15.0 Å². The standard InChI is InChI=1S/C18H26N2O3/c21-16-7-3-2-6-15(16)19-10-12-20(13-11-19)17(22)14-18(23)8-4-1-5-9-18/h2-3,6-7,21,23H,1,4-5,8-14H2. The minimum absolute atomic E-state index is 0.0614. The van der Waals surface area contributed by atoms with Crippen LogP contribution in [-0.2, 0) is 4.79 Å². The van der Waals surface area contributed by atoms with Crippen LogP contribution in [0.3, 0.4) is 0 Å². The van der Waals surface area contributed by atoms with Gasteiger partial charge in [-0.3, -0.25) is 4.79 Å². The molecule has 1 aromatic carbocycles. The van der Waals surface area contributed by atoms with Crippen LogP contribution in [-0.4, -0.2) is 52.8 Å². The molecular weight excluding hydrogens is 292 g/mol. The summed E-state index contributed by atoms with van der Waals surface area (Å²) >= 11 is 0. The number of aromatic hydroxyl groups is 1. The number of phenolic OH excluding ortho intramolecular Hbond substituents is 1. The van der Waals surface area contributed by atoms with Gasteiger partial charge in [0.15, 0.2) is 0 Å². The Morgan fingerprint density at radius 1 is 1.04 bits per heavy atom. The van der Waals surface area contributed by atoms with Crippen molar-refractivity contribution in [2.75, 3.05) is 31.1 Å². The minimum Gasteiger partial charge on any atom is -0.506 e. The van der Waals surface area contributed by atoms with Crippen LogP contribution in [0.15, 0.2) is 24.3 Å². The number of anilines is 1. The van der Waals surface area contributed by atoms with Crippen LogP contribution in [0.1, 0.15) is 38.5 Å². The number of aliphatic hydroxyl groups is 1. The number of phenols is 1. The molecule has 1 saturated heterocycles. The van der Waals surface area contributed by atoms with Gasteiger partial charge in [-0.2, -0.15) is 0 Å². The highest BCUT2D eigenvalue weighted by molar-refractivity contribution is 5.77. The van der Waals surface area contributed by atoms with Gasteiger partial charge in [-0.25, -0.2) is 0 Å². The Hall–Kier alpha value is -1.75. The molecule has 5 nitrogen and oxygen atoms in total. The number of carbonyl (C=O) groups excluding carboxylic acids is 1. The maximum atomic E-state index is 12.5. The van der Waals surface area contributed by atoms with E-state index < -0.39 is 5.60 Å². The van der Waals surface area contributed by atoms with Crippen molar-refractivity contribution in [1.29, 1.82) is 0 Å². The average Bonchev–Trinajstić information content (AvgIpc) is 2.56. The number of nitrogens with zero attached hydrogens (tertiary/aromatic N) is 2. The van der Waals surface area contributed by atoms with Crippen LogP contribution in [0.4, 0.5) is 5.69 Å². The molecule has 1 aromatic rings. The zero-order valence-corrected chi connectivity index (χ0v) is 13.6. The van der Waals surface area contributed by atoms with Gasteiger partial charge in [0.1, 0.15) is 5.75 Å². The molecule has 0 unspecified atom stereocenters. The number of rotatable bonds is 3. The molecule has 126 valence electrons. The third-order valence-corrected chi connectivity index (χ3v) is 5.12. The van der Waals surface area contributed by atoms with Gasteiger partial charge in [0.05, 0.1) is 17.7 Å². The highest BCUT2D eigenvalue weighted by atomic mass is 16.3. The number of para-hydroxylation sites is 2. The van der Waals surface area contributed by atoms with E-state index in [1.54, 1.807) is 6.07 Å². The first kappa shape index (κ1) is 16.1. The number of carbonyl (C=O) groups is 1. The molecule has 0 aromatic heterocycles. The van der Waals surface area contributed by atoms with Crippen molar-refractivity contribution in [2.45, 2.75) is 44.1 Å². The summed E-state index contributed by atoms with van der Waals surface area (Å²) in [7, 11) is 0. The fourth-order valence-corrected chi connectivity index (χ4v) is 3.71. The Balaban J connectivity index is 1.54. The van der Waals surface area contributed by atoms with Crippen molar-refractivity contribution in [3.63, 3.8) is 0 Å². The van der Waals surface area contributed by atoms with Crippen molar-refractivity contribution < 1.29 is 15.0 Å². The second kappa shape index (κ2) is 6.79. The third-order valence-electron chi connectivity index (χ3n) is 5.12. The van der Waals surface area contributed by atoms with E-state index in [1.165, 1.54) is 0 Å². The molecule has 2 N–H and O–H groups in total. The van der Waals surface area contributed by atoms with Gasteiger partial charge in [0.2, 0.25) is 5.91 Å². The summed E-state index contributed by atoms with van der Waals surface area (Å²) in [6, 6.07) is 7.30. The Morgan fingerprint density at radius 2 is 1.70 bits per heavy atom. The first-order valence-electron chi connectivity index (χ1n) is 8.61. The fraction of sp³-hybridized carbons (Fsp3) is 0.611. The summed E-state index contributed by atoms with van der Waals surface area (Å²) in [5.41, 5.74) is 0.0370. The molecule has 2 aliphatic rings. The summed E-state index contributed by atoms with van der Waals surface area (Å²) in [5.74, 6) is 0.343. The molecule has 1 heterocycles. The van der Waals surface area contributed by atoms with E-state index in [0.29, 0.717) is 26.2 Å². The van der Waals surface area contributed by atoms with E-state index in [1.807, 2.05) is 23.1 Å². The van der Waals surface area contributed by atoms with Gasteiger partial charge >= 0.3 is 0 Å². The van der Waals surface area contributed by atoms with Crippen molar-refractivity contribution in [1.82, 2.24) is 4.90 Å². The van der Waals surface area contributed by atoms with Crippen molar-refractivity contribution in [2.24, 2.45) is 0 Å². The molecule has 1 aliphatic heterocycles. The largest absolute Gasteiger partial charge is 0.506 e. The van der Waals surface area contributed by atoms with Crippen molar-refractivity contribution in [3.8, 4) is 5.75 Å². The molecule has 0 atom stereocenters. The van der Waals surface area contributed by atoms with Gasteiger partial charge in [-0.1, -0.05) is 31.4 Å². The summed E-state index contributed by atoms with van der Waals surface area (Å²) in [4.78, 5) is 16.4. The lowest BCUT2D eigenvalue weighted by Gasteiger charge is -2.38. The molecule has 3 rings (SSSR count).